The quantitative estimate of drug-likeness (QED) is 0.718. The van der Waals surface area contributed by atoms with Crippen molar-refractivity contribution in [1.29, 1.82) is 0 Å². The van der Waals surface area contributed by atoms with Crippen LogP contribution in [0.3, 0.4) is 0 Å². The summed E-state index contributed by atoms with van der Waals surface area (Å²) in [5, 5.41) is 3.04. The summed E-state index contributed by atoms with van der Waals surface area (Å²) in [4.78, 5) is 24.6. The minimum atomic E-state index is -0.581. The van der Waals surface area contributed by atoms with Gasteiger partial charge in [-0.25, -0.2) is 4.79 Å². The Hall–Kier alpha value is -1.30. The molecule has 0 spiro atoms. The van der Waals surface area contributed by atoms with Gasteiger partial charge in [-0.2, -0.15) is 0 Å². The Morgan fingerprint density at radius 2 is 2.00 bits per heavy atom. The highest BCUT2D eigenvalue weighted by Crippen LogP contribution is 2.20. The second-order valence-corrected chi connectivity index (χ2v) is 5.27. The van der Waals surface area contributed by atoms with Crippen molar-refractivity contribution in [1.82, 2.24) is 10.2 Å². The third-order valence-electron chi connectivity index (χ3n) is 2.67. The molecule has 0 radical (unpaired) electrons. The van der Waals surface area contributed by atoms with Crippen molar-refractivity contribution in [2.24, 2.45) is 5.73 Å². The zero-order chi connectivity index (χ0) is 13.2. The molecule has 1 aliphatic heterocycles. The van der Waals surface area contributed by atoms with Crippen molar-refractivity contribution in [2.75, 3.05) is 13.6 Å². The topological polar surface area (TPSA) is 84.7 Å². The summed E-state index contributed by atoms with van der Waals surface area (Å²) < 4.78 is 5.25. The molecule has 6 heteroatoms. The van der Waals surface area contributed by atoms with Crippen LogP contribution >= 0.6 is 0 Å². The van der Waals surface area contributed by atoms with Crippen molar-refractivity contribution < 1.29 is 14.3 Å². The molecule has 1 aliphatic rings. The van der Waals surface area contributed by atoms with Crippen LogP contribution < -0.4 is 11.1 Å². The Labute approximate surface area is 101 Å². The third kappa shape index (κ3) is 3.59. The Bertz CT molecular complexity index is 312. The molecule has 3 N–H and O–H groups in total. The molecule has 0 aliphatic carbocycles. The van der Waals surface area contributed by atoms with Gasteiger partial charge in [0.1, 0.15) is 11.6 Å². The fourth-order valence-electron chi connectivity index (χ4n) is 1.84. The van der Waals surface area contributed by atoms with Crippen LogP contribution in [0.2, 0.25) is 0 Å². The molecule has 17 heavy (non-hydrogen) atoms. The molecule has 2 amide bonds. The number of nitrogens with one attached hydrogen (secondary N) is 1. The van der Waals surface area contributed by atoms with E-state index < -0.39 is 23.6 Å². The van der Waals surface area contributed by atoms with E-state index in [2.05, 4.69) is 5.32 Å². The molecule has 98 valence electrons. The van der Waals surface area contributed by atoms with Gasteiger partial charge in [-0.05, 0) is 34.2 Å². The third-order valence-corrected chi connectivity index (χ3v) is 2.67. The van der Waals surface area contributed by atoms with Crippen LogP contribution in [0, 0.1) is 0 Å². The molecule has 0 aromatic rings. The zero-order valence-corrected chi connectivity index (χ0v) is 10.8. The summed E-state index contributed by atoms with van der Waals surface area (Å²) in [5.74, 6) is -0.492. The molecule has 0 aromatic carbocycles. The van der Waals surface area contributed by atoms with E-state index >= 15 is 0 Å². The van der Waals surface area contributed by atoms with Gasteiger partial charge in [0.05, 0.1) is 0 Å². The van der Waals surface area contributed by atoms with Gasteiger partial charge < -0.3 is 15.8 Å². The summed E-state index contributed by atoms with van der Waals surface area (Å²) in [6, 6.07) is -0.498. The maximum Gasteiger partial charge on any atom is 0.411 e. The predicted octanol–water partition coefficient (Wildman–Crippen LogP) is 0.0691. The first kappa shape index (κ1) is 13.8. The van der Waals surface area contributed by atoms with E-state index in [-0.39, 0.29) is 6.04 Å². The summed E-state index contributed by atoms with van der Waals surface area (Å²) in [7, 11) is 1.79. The highest BCUT2D eigenvalue weighted by molar-refractivity contribution is 5.85. The van der Waals surface area contributed by atoms with Crippen molar-refractivity contribution in [3.8, 4) is 0 Å². The molecule has 1 saturated heterocycles. The normalized spacial score (nSPS) is 24.8. The number of rotatable bonds is 2. The largest absolute Gasteiger partial charge is 0.444 e. The van der Waals surface area contributed by atoms with Gasteiger partial charge in [0, 0.05) is 12.6 Å². The number of nitrogens with zero attached hydrogens (tertiary/aromatic N) is 1. The Morgan fingerprint density at radius 1 is 1.41 bits per heavy atom. The maximum absolute atomic E-state index is 11.9. The number of ether oxygens (including phenoxy) is 1. The lowest BCUT2D eigenvalue weighted by Gasteiger charge is -2.27. The molecule has 1 fully saturated rings. The second-order valence-electron chi connectivity index (χ2n) is 5.27. The highest BCUT2D eigenvalue weighted by atomic mass is 16.6. The number of likely N-dealkylation sites (N-methyl/N-ethyl adjacent to an activating group) is 1. The van der Waals surface area contributed by atoms with E-state index in [1.807, 2.05) is 0 Å². The number of primary amides is 1. The van der Waals surface area contributed by atoms with Crippen LogP contribution in [0.4, 0.5) is 4.79 Å². The second kappa shape index (κ2) is 4.91. The summed E-state index contributed by atoms with van der Waals surface area (Å²) in [6.07, 6.45) is 0.0458. The van der Waals surface area contributed by atoms with Gasteiger partial charge in [0.2, 0.25) is 5.91 Å². The minimum Gasteiger partial charge on any atom is -0.444 e. The van der Waals surface area contributed by atoms with Crippen molar-refractivity contribution in [2.45, 2.75) is 44.9 Å². The Balaban J connectivity index is 2.73. The fourth-order valence-corrected chi connectivity index (χ4v) is 1.84. The summed E-state index contributed by atoms with van der Waals surface area (Å²) in [5.41, 5.74) is 4.72. The Morgan fingerprint density at radius 3 is 2.41 bits per heavy atom. The number of hydrogen-bond donors (Lipinski definition) is 2. The molecule has 1 rings (SSSR count). The van der Waals surface area contributed by atoms with E-state index in [1.165, 1.54) is 4.90 Å². The number of carbonyl (C=O) groups is 2. The monoisotopic (exact) mass is 243 g/mol. The fraction of sp³-hybridized carbons (Fsp3) is 0.818. The molecule has 1 heterocycles. The molecule has 0 aromatic heterocycles. The number of amides is 2. The van der Waals surface area contributed by atoms with Crippen molar-refractivity contribution in [3.05, 3.63) is 0 Å². The average molecular weight is 243 g/mol. The molecule has 2 atom stereocenters. The average Bonchev–Trinajstić information content (AvgIpc) is 2.58. The van der Waals surface area contributed by atoms with E-state index in [1.54, 1.807) is 27.8 Å². The summed E-state index contributed by atoms with van der Waals surface area (Å²) in [6.45, 7) is 5.81. The Kier molecular flexibility index (Phi) is 3.98. The van der Waals surface area contributed by atoms with Gasteiger partial charge in [0.15, 0.2) is 0 Å². The van der Waals surface area contributed by atoms with Gasteiger partial charge in [-0.1, -0.05) is 0 Å². The number of nitrogens with two attached hydrogens (primary N) is 1. The first-order valence-corrected chi connectivity index (χ1v) is 5.71. The smallest absolute Gasteiger partial charge is 0.411 e. The molecule has 0 saturated carbocycles. The van der Waals surface area contributed by atoms with Crippen LogP contribution in [0.1, 0.15) is 27.2 Å². The standard InChI is InChI=1S/C11H21N3O3/c1-11(2,3)17-10(16)14-6-7(13-4)5-8(14)9(12)15/h7-8,13H,5-6H2,1-4H3,(H2,12,15). The van der Waals surface area contributed by atoms with E-state index in [0.717, 1.165) is 0 Å². The molecule has 0 bridgehead atoms. The lowest BCUT2D eigenvalue weighted by Crippen LogP contribution is -2.46. The lowest BCUT2D eigenvalue weighted by atomic mass is 10.1. The first-order valence-electron chi connectivity index (χ1n) is 5.71. The van der Waals surface area contributed by atoms with Gasteiger partial charge in [-0.3, -0.25) is 9.69 Å². The highest BCUT2D eigenvalue weighted by Gasteiger charge is 2.39. The lowest BCUT2D eigenvalue weighted by molar-refractivity contribution is -0.122. The van der Waals surface area contributed by atoms with Crippen LogP contribution in [0.15, 0.2) is 0 Å². The number of carbonyl (C=O) groups excluding carboxylic acids is 2. The van der Waals surface area contributed by atoms with Crippen molar-refractivity contribution >= 4 is 12.0 Å². The van der Waals surface area contributed by atoms with E-state index in [9.17, 15) is 9.59 Å². The summed E-state index contributed by atoms with van der Waals surface area (Å²) >= 11 is 0. The van der Waals surface area contributed by atoms with Crippen LogP contribution in [-0.2, 0) is 9.53 Å². The van der Waals surface area contributed by atoms with Gasteiger partial charge >= 0.3 is 6.09 Å². The van der Waals surface area contributed by atoms with Crippen LogP contribution in [0.5, 0.6) is 0 Å². The number of hydrogen-bond acceptors (Lipinski definition) is 4. The van der Waals surface area contributed by atoms with Gasteiger partial charge in [0.25, 0.3) is 0 Å². The van der Waals surface area contributed by atoms with E-state index in [0.29, 0.717) is 13.0 Å². The van der Waals surface area contributed by atoms with Gasteiger partial charge in [-0.15, -0.1) is 0 Å². The maximum atomic E-state index is 11.9. The van der Waals surface area contributed by atoms with Crippen molar-refractivity contribution in [3.63, 3.8) is 0 Å². The molecule has 6 nitrogen and oxygen atoms in total. The SMILES string of the molecule is CNC1CC(C(N)=O)N(C(=O)OC(C)(C)C)C1. The molecular weight excluding hydrogens is 222 g/mol. The van der Waals surface area contributed by atoms with E-state index in [4.69, 9.17) is 10.5 Å². The molecular formula is C11H21N3O3. The number of likely N-dealkylation sites (tertiary alicyclic amines) is 1. The first-order chi connectivity index (χ1) is 7.74. The molecule has 2 unspecified atom stereocenters. The predicted molar refractivity (Wildman–Crippen MR) is 63.4 cm³/mol. The van der Waals surface area contributed by atoms with Crippen LogP contribution in [0.25, 0.3) is 0 Å². The van der Waals surface area contributed by atoms with Crippen LogP contribution in [-0.4, -0.2) is 48.2 Å². The zero-order valence-electron chi connectivity index (χ0n) is 10.8. The minimum absolute atomic E-state index is 0.0834.